The second-order valence-corrected chi connectivity index (χ2v) is 3.99. The van der Waals surface area contributed by atoms with Crippen LogP contribution >= 0.6 is 11.3 Å². The van der Waals surface area contributed by atoms with Crippen molar-refractivity contribution < 1.29 is 18.0 Å². The molecule has 16 heavy (non-hydrogen) atoms. The topological polar surface area (TPSA) is 41.1 Å². The molecule has 1 atom stereocenters. The summed E-state index contributed by atoms with van der Waals surface area (Å²) in [5, 5.41) is 8.18. The van der Waals surface area contributed by atoms with E-state index >= 15 is 0 Å². The summed E-state index contributed by atoms with van der Waals surface area (Å²) in [7, 11) is 0. The van der Waals surface area contributed by atoms with Crippen molar-refractivity contribution in [2.24, 2.45) is 0 Å². The largest absolute Gasteiger partial charge is 0.405 e. The van der Waals surface area contributed by atoms with E-state index in [-0.39, 0.29) is 0 Å². The highest BCUT2D eigenvalue weighted by Crippen LogP contribution is 2.14. The van der Waals surface area contributed by atoms with Gasteiger partial charge < -0.3 is 10.6 Å². The Bertz CT molecular complexity index is 337. The Balaban J connectivity index is 2.37. The normalized spacial score (nSPS) is 13.2. The first-order valence-corrected chi connectivity index (χ1v) is 5.46. The monoisotopic (exact) mass is 252 g/mol. The predicted octanol–water partition coefficient (Wildman–Crippen LogP) is 2.23. The maximum Gasteiger partial charge on any atom is 0.405 e. The SMILES string of the molecule is CC(Nc1ccsc1)C(=O)NCC(F)(F)F. The van der Waals surface area contributed by atoms with E-state index < -0.39 is 24.7 Å². The van der Waals surface area contributed by atoms with Crippen LogP contribution in [-0.4, -0.2) is 24.7 Å². The van der Waals surface area contributed by atoms with Crippen molar-refractivity contribution in [3.05, 3.63) is 16.8 Å². The van der Waals surface area contributed by atoms with Crippen LogP contribution in [0.1, 0.15) is 6.92 Å². The molecule has 0 aliphatic rings. The highest BCUT2D eigenvalue weighted by molar-refractivity contribution is 7.08. The van der Waals surface area contributed by atoms with Gasteiger partial charge in [-0.3, -0.25) is 4.79 Å². The van der Waals surface area contributed by atoms with Gasteiger partial charge >= 0.3 is 6.18 Å². The van der Waals surface area contributed by atoms with Gasteiger partial charge in [-0.15, -0.1) is 0 Å². The number of alkyl halides is 3. The number of anilines is 1. The summed E-state index contributed by atoms with van der Waals surface area (Å²) < 4.78 is 35.5. The van der Waals surface area contributed by atoms with E-state index in [1.54, 1.807) is 11.4 Å². The van der Waals surface area contributed by atoms with E-state index in [0.717, 1.165) is 5.69 Å². The fraction of sp³-hybridized carbons (Fsp3) is 0.444. The molecular formula is C9H11F3N2OS. The van der Waals surface area contributed by atoms with E-state index in [1.807, 2.05) is 10.7 Å². The maximum absolute atomic E-state index is 11.8. The molecular weight excluding hydrogens is 241 g/mol. The molecule has 1 aromatic heterocycles. The van der Waals surface area contributed by atoms with Gasteiger partial charge in [0.15, 0.2) is 0 Å². The van der Waals surface area contributed by atoms with Crippen LogP contribution in [0.25, 0.3) is 0 Å². The summed E-state index contributed by atoms with van der Waals surface area (Å²) in [6.45, 7) is 0.199. The average molecular weight is 252 g/mol. The zero-order valence-electron chi connectivity index (χ0n) is 8.47. The Labute approximate surface area is 94.7 Å². The number of carbonyl (C=O) groups is 1. The van der Waals surface area contributed by atoms with Crippen molar-refractivity contribution in [3.63, 3.8) is 0 Å². The van der Waals surface area contributed by atoms with Crippen LogP contribution in [0, 0.1) is 0 Å². The first-order valence-electron chi connectivity index (χ1n) is 4.51. The van der Waals surface area contributed by atoms with Crippen LogP contribution in [0.3, 0.4) is 0 Å². The number of hydrogen-bond acceptors (Lipinski definition) is 3. The van der Waals surface area contributed by atoms with Crippen LogP contribution in [0.4, 0.5) is 18.9 Å². The molecule has 0 aromatic carbocycles. The van der Waals surface area contributed by atoms with Crippen molar-refractivity contribution in [1.82, 2.24) is 5.32 Å². The predicted molar refractivity (Wildman–Crippen MR) is 56.5 cm³/mol. The molecule has 1 aromatic rings. The third kappa shape index (κ3) is 4.52. The van der Waals surface area contributed by atoms with Gasteiger partial charge in [-0.25, -0.2) is 0 Å². The van der Waals surface area contributed by atoms with Crippen LogP contribution < -0.4 is 10.6 Å². The van der Waals surface area contributed by atoms with Gasteiger partial charge in [0.05, 0.1) is 0 Å². The molecule has 1 amide bonds. The zero-order chi connectivity index (χ0) is 12.2. The number of carbonyl (C=O) groups excluding carboxylic acids is 1. The van der Waals surface area contributed by atoms with Gasteiger partial charge in [0, 0.05) is 11.1 Å². The van der Waals surface area contributed by atoms with Gasteiger partial charge in [-0.05, 0) is 18.4 Å². The Morgan fingerprint density at radius 2 is 2.25 bits per heavy atom. The Morgan fingerprint density at radius 1 is 1.56 bits per heavy atom. The molecule has 0 bridgehead atoms. The summed E-state index contributed by atoms with van der Waals surface area (Å²) in [5.74, 6) is -0.677. The number of rotatable bonds is 4. The lowest BCUT2D eigenvalue weighted by molar-refractivity contribution is -0.138. The summed E-state index contributed by atoms with van der Waals surface area (Å²) in [5.41, 5.74) is 0.722. The van der Waals surface area contributed by atoms with Gasteiger partial charge in [0.1, 0.15) is 12.6 Å². The maximum atomic E-state index is 11.8. The van der Waals surface area contributed by atoms with Crippen molar-refractivity contribution >= 4 is 22.9 Å². The van der Waals surface area contributed by atoms with E-state index in [0.29, 0.717) is 0 Å². The minimum atomic E-state index is -4.38. The average Bonchev–Trinajstić information content (AvgIpc) is 2.65. The number of hydrogen-bond donors (Lipinski definition) is 2. The Morgan fingerprint density at radius 3 is 2.75 bits per heavy atom. The van der Waals surface area contributed by atoms with Gasteiger partial charge in [0.25, 0.3) is 0 Å². The van der Waals surface area contributed by atoms with E-state index in [2.05, 4.69) is 5.32 Å². The number of amides is 1. The number of halogens is 3. The molecule has 3 nitrogen and oxygen atoms in total. The lowest BCUT2D eigenvalue weighted by Gasteiger charge is -2.15. The molecule has 90 valence electrons. The van der Waals surface area contributed by atoms with Crippen molar-refractivity contribution in [3.8, 4) is 0 Å². The zero-order valence-corrected chi connectivity index (χ0v) is 9.28. The third-order valence-electron chi connectivity index (χ3n) is 1.76. The molecule has 0 aliphatic heterocycles. The summed E-state index contributed by atoms with van der Waals surface area (Å²) in [6, 6.07) is 1.05. The smallest absolute Gasteiger partial charge is 0.373 e. The number of thiophene rings is 1. The highest BCUT2D eigenvalue weighted by atomic mass is 32.1. The van der Waals surface area contributed by atoms with E-state index in [4.69, 9.17) is 0 Å². The minimum Gasteiger partial charge on any atom is -0.373 e. The lowest BCUT2D eigenvalue weighted by atomic mass is 10.3. The first-order chi connectivity index (χ1) is 7.38. The second-order valence-electron chi connectivity index (χ2n) is 3.21. The van der Waals surface area contributed by atoms with Crippen molar-refractivity contribution in [2.75, 3.05) is 11.9 Å². The van der Waals surface area contributed by atoms with Crippen LogP contribution in [-0.2, 0) is 4.79 Å². The minimum absolute atomic E-state index is 0.677. The molecule has 0 saturated heterocycles. The summed E-state index contributed by atoms with van der Waals surface area (Å²) in [6.07, 6.45) is -4.38. The quantitative estimate of drug-likeness (QED) is 0.862. The van der Waals surface area contributed by atoms with E-state index in [9.17, 15) is 18.0 Å². The van der Waals surface area contributed by atoms with Gasteiger partial charge in [-0.1, -0.05) is 0 Å². The molecule has 2 N–H and O–H groups in total. The standard InChI is InChI=1S/C9H11F3N2OS/c1-6(14-7-2-3-16-4-7)8(15)13-5-9(10,11)12/h2-4,6,14H,5H2,1H3,(H,13,15). The molecule has 1 unspecified atom stereocenters. The van der Waals surface area contributed by atoms with E-state index in [1.165, 1.54) is 18.3 Å². The molecule has 0 saturated carbocycles. The van der Waals surface area contributed by atoms with Gasteiger partial charge in [-0.2, -0.15) is 24.5 Å². The fourth-order valence-corrected chi connectivity index (χ4v) is 1.60. The first kappa shape index (κ1) is 12.8. The molecule has 0 fully saturated rings. The molecule has 0 spiro atoms. The Hall–Kier alpha value is -1.24. The molecule has 1 heterocycles. The van der Waals surface area contributed by atoms with Crippen molar-refractivity contribution in [2.45, 2.75) is 19.1 Å². The molecule has 7 heteroatoms. The van der Waals surface area contributed by atoms with Crippen LogP contribution in [0.2, 0.25) is 0 Å². The van der Waals surface area contributed by atoms with Crippen molar-refractivity contribution in [1.29, 1.82) is 0 Å². The highest BCUT2D eigenvalue weighted by Gasteiger charge is 2.28. The van der Waals surface area contributed by atoms with Crippen LogP contribution in [0.5, 0.6) is 0 Å². The second kappa shape index (κ2) is 5.20. The Kier molecular flexibility index (Phi) is 4.17. The molecule has 0 radical (unpaired) electrons. The summed E-state index contributed by atoms with van der Waals surface area (Å²) >= 11 is 1.44. The lowest BCUT2D eigenvalue weighted by Crippen LogP contribution is -2.41. The summed E-state index contributed by atoms with van der Waals surface area (Å²) in [4.78, 5) is 11.2. The fourth-order valence-electron chi connectivity index (χ4n) is 1.00. The van der Waals surface area contributed by atoms with Crippen LogP contribution in [0.15, 0.2) is 16.8 Å². The third-order valence-corrected chi connectivity index (χ3v) is 2.44. The van der Waals surface area contributed by atoms with Gasteiger partial charge in [0.2, 0.25) is 5.91 Å². The molecule has 0 aliphatic carbocycles. The number of nitrogens with one attached hydrogen (secondary N) is 2. The molecule has 1 rings (SSSR count).